The van der Waals surface area contributed by atoms with Gasteiger partial charge in [0.2, 0.25) is 0 Å². The minimum absolute atomic E-state index is 0.478. The summed E-state index contributed by atoms with van der Waals surface area (Å²) in [5, 5.41) is 0.684. The summed E-state index contributed by atoms with van der Waals surface area (Å²) in [7, 11) is 0. The molecule has 0 fully saturated rings. The van der Waals surface area contributed by atoms with Crippen LogP contribution in [0.1, 0.15) is 25.4 Å². The lowest BCUT2D eigenvalue weighted by Gasteiger charge is -2.11. The standard InChI is InChI=1S/C32H30ClN3O2/c1-23(2)21-32-35-31(24-6-12-28(13-7-24)37-20-18-26-5-3-4-19-34-26)22-36(32)27-10-16-30(17-11-27)38-29-14-8-25(33)9-15-29/h3-17,19,22-23H,18,20-21H2,1-2H3. The quantitative estimate of drug-likeness (QED) is 0.185. The second-order valence-corrected chi connectivity index (χ2v) is 9.94. The second-order valence-electron chi connectivity index (χ2n) is 9.50. The Bertz CT molecular complexity index is 1450. The Hall–Kier alpha value is -4.09. The molecule has 0 saturated carbocycles. The summed E-state index contributed by atoms with van der Waals surface area (Å²) in [5.74, 6) is 3.85. The molecule has 0 radical (unpaired) electrons. The average Bonchev–Trinajstić information content (AvgIpc) is 3.34. The maximum absolute atomic E-state index is 5.98. The summed E-state index contributed by atoms with van der Waals surface area (Å²) in [6, 6.07) is 29.4. The van der Waals surface area contributed by atoms with Gasteiger partial charge in [-0.05, 0) is 90.8 Å². The molecular formula is C32H30ClN3O2. The molecular weight excluding hydrogens is 494 g/mol. The minimum atomic E-state index is 0.478. The van der Waals surface area contributed by atoms with Gasteiger partial charge in [0.25, 0.3) is 0 Å². The van der Waals surface area contributed by atoms with Crippen LogP contribution in [0.25, 0.3) is 16.9 Å². The van der Waals surface area contributed by atoms with Crippen molar-refractivity contribution in [3.8, 4) is 34.2 Å². The van der Waals surface area contributed by atoms with E-state index in [9.17, 15) is 0 Å². The first-order valence-corrected chi connectivity index (χ1v) is 13.2. The number of imidazole rings is 1. The molecule has 6 heteroatoms. The molecule has 0 amide bonds. The first-order valence-electron chi connectivity index (χ1n) is 12.8. The minimum Gasteiger partial charge on any atom is -0.493 e. The van der Waals surface area contributed by atoms with E-state index in [1.165, 1.54) is 0 Å². The zero-order valence-electron chi connectivity index (χ0n) is 21.5. The van der Waals surface area contributed by atoms with Crippen molar-refractivity contribution in [2.75, 3.05) is 6.61 Å². The van der Waals surface area contributed by atoms with Gasteiger partial charge in [0, 0.05) is 47.2 Å². The molecule has 5 nitrogen and oxygen atoms in total. The predicted molar refractivity (Wildman–Crippen MR) is 153 cm³/mol. The SMILES string of the molecule is CC(C)Cc1nc(-c2ccc(OCCc3ccccn3)cc2)cn1-c1ccc(Oc2ccc(Cl)cc2)cc1. The Balaban J connectivity index is 1.30. The highest BCUT2D eigenvalue weighted by Gasteiger charge is 2.13. The van der Waals surface area contributed by atoms with Gasteiger partial charge in [0.1, 0.15) is 23.1 Å². The highest BCUT2D eigenvalue weighted by molar-refractivity contribution is 6.30. The number of rotatable bonds is 10. The maximum Gasteiger partial charge on any atom is 0.127 e. The van der Waals surface area contributed by atoms with Gasteiger partial charge in [0.15, 0.2) is 0 Å². The first-order chi connectivity index (χ1) is 18.5. The van der Waals surface area contributed by atoms with Crippen molar-refractivity contribution in [3.63, 3.8) is 0 Å². The molecule has 5 rings (SSSR count). The van der Waals surface area contributed by atoms with Crippen LogP contribution in [0.4, 0.5) is 0 Å². The number of nitrogens with zero attached hydrogens (tertiary/aromatic N) is 3. The van der Waals surface area contributed by atoms with Gasteiger partial charge in [-0.1, -0.05) is 31.5 Å². The van der Waals surface area contributed by atoms with Crippen LogP contribution in [-0.4, -0.2) is 21.1 Å². The van der Waals surface area contributed by atoms with Gasteiger partial charge in [-0.15, -0.1) is 0 Å². The monoisotopic (exact) mass is 523 g/mol. The highest BCUT2D eigenvalue weighted by Crippen LogP contribution is 2.28. The Morgan fingerprint density at radius 2 is 1.50 bits per heavy atom. The lowest BCUT2D eigenvalue weighted by atomic mass is 10.1. The fraction of sp³-hybridized carbons (Fsp3) is 0.188. The van der Waals surface area contributed by atoms with E-state index < -0.39 is 0 Å². The van der Waals surface area contributed by atoms with Crippen LogP contribution in [0, 0.1) is 5.92 Å². The van der Waals surface area contributed by atoms with E-state index in [1.54, 1.807) is 6.20 Å². The van der Waals surface area contributed by atoms with Gasteiger partial charge in [-0.3, -0.25) is 4.98 Å². The molecule has 0 aliphatic rings. The van der Waals surface area contributed by atoms with E-state index in [4.69, 9.17) is 26.1 Å². The Morgan fingerprint density at radius 3 is 2.16 bits per heavy atom. The van der Waals surface area contributed by atoms with Crippen LogP contribution in [-0.2, 0) is 12.8 Å². The van der Waals surface area contributed by atoms with Gasteiger partial charge < -0.3 is 14.0 Å². The topological polar surface area (TPSA) is 49.2 Å². The van der Waals surface area contributed by atoms with Crippen LogP contribution in [0.3, 0.4) is 0 Å². The van der Waals surface area contributed by atoms with Crippen molar-refractivity contribution < 1.29 is 9.47 Å². The predicted octanol–water partition coefficient (Wildman–Crippen LogP) is 8.20. The molecule has 0 atom stereocenters. The van der Waals surface area contributed by atoms with Crippen LogP contribution >= 0.6 is 11.6 Å². The Labute approximate surface area is 228 Å². The van der Waals surface area contributed by atoms with E-state index in [2.05, 4.69) is 53.9 Å². The largest absolute Gasteiger partial charge is 0.493 e. The average molecular weight is 524 g/mol. The van der Waals surface area contributed by atoms with Crippen molar-refractivity contribution in [3.05, 3.63) is 120 Å². The lowest BCUT2D eigenvalue weighted by Crippen LogP contribution is -2.04. The normalized spacial score (nSPS) is 11.1. The fourth-order valence-electron chi connectivity index (χ4n) is 4.15. The van der Waals surface area contributed by atoms with Gasteiger partial charge in [0.05, 0.1) is 12.3 Å². The van der Waals surface area contributed by atoms with Gasteiger partial charge in [-0.2, -0.15) is 0 Å². The molecule has 38 heavy (non-hydrogen) atoms. The zero-order chi connectivity index (χ0) is 26.3. The molecule has 0 saturated heterocycles. The zero-order valence-corrected chi connectivity index (χ0v) is 22.3. The van der Waals surface area contributed by atoms with E-state index in [1.807, 2.05) is 66.7 Å². The first kappa shape index (κ1) is 25.6. The molecule has 0 N–H and O–H groups in total. The molecule has 192 valence electrons. The van der Waals surface area contributed by atoms with Crippen molar-refractivity contribution in [1.29, 1.82) is 0 Å². The molecule has 0 spiro atoms. The summed E-state index contributed by atoms with van der Waals surface area (Å²) >= 11 is 5.98. The van der Waals surface area contributed by atoms with Crippen molar-refractivity contribution >= 4 is 11.6 Å². The molecule has 5 aromatic rings. The summed E-state index contributed by atoms with van der Waals surface area (Å²) in [4.78, 5) is 9.34. The summed E-state index contributed by atoms with van der Waals surface area (Å²) < 4.78 is 14.1. The van der Waals surface area contributed by atoms with Crippen LogP contribution in [0.15, 0.2) is 103 Å². The third-order valence-electron chi connectivity index (χ3n) is 6.04. The molecule has 0 aliphatic carbocycles. The van der Waals surface area contributed by atoms with Crippen molar-refractivity contribution in [1.82, 2.24) is 14.5 Å². The summed E-state index contributed by atoms with van der Waals surface area (Å²) in [6.45, 7) is 5.00. The van der Waals surface area contributed by atoms with Crippen LogP contribution in [0.2, 0.25) is 5.02 Å². The fourth-order valence-corrected chi connectivity index (χ4v) is 4.27. The molecule has 3 aromatic carbocycles. The van der Waals surface area contributed by atoms with Gasteiger partial charge >= 0.3 is 0 Å². The van der Waals surface area contributed by atoms with E-state index in [0.29, 0.717) is 17.5 Å². The molecule has 0 unspecified atom stereocenters. The lowest BCUT2D eigenvalue weighted by molar-refractivity contribution is 0.320. The van der Waals surface area contributed by atoms with Crippen molar-refractivity contribution in [2.45, 2.75) is 26.7 Å². The van der Waals surface area contributed by atoms with E-state index in [-0.39, 0.29) is 0 Å². The number of aromatic nitrogens is 3. The number of benzene rings is 3. The smallest absolute Gasteiger partial charge is 0.127 e. The molecule has 0 aliphatic heterocycles. The molecule has 2 aromatic heterocycles. The van der Waals surface area contributed by atoms with Crippen LogP contribution < -0.4 is 9.47 Å². The number of hydrogen-bond donors (Lipinski definition) is 0. The van der Waals surface area contributed by atoms with Gasteiger partial charge in [-0.25, -0.2) is 4.98 Å². The maximum atomic E-state index is 5.98. The third kappa shape index (κ3) is 6.61. The summed E-state index contributed by atoms with van der Waals surface area (Å²) in [5.41, 5.74) is 4.05. The van der Waals surface area contributed by atoms with Crippen LogP contribution in [0.5, 0.6) is 17.2 Å². The summed E-state index contributed by atoms with van der Waals surface area (Å²) in [6.07, 6.45) is 5.55. The van der Waals surface area contributed by atoms with E-state index in [0.717, 1.165) is 58.6 Å². The number of hydrogen-bond acceptors (Lipinski definition) is 4. The second kappa shape index (κ2) is 12.0. The number of pyridine rings is 1. The molecule has 0 bridgehead atoms. The number of halogens is 1. The highest BCUT2D eigenvalue weighted by atomic mass is 35.5. The number of ether oxygens (including phenoxy) is 2. The van der Waals surface area contributed by atoms with E-state index >= 15 is 0 Å². The third-order valence-corrected chi connectivity index (χ3v) is 6.29. The van der Waals surface area contributed by atoms with Crippen molar-refractivity contribution in [2.24, 2.45) is 5.92 Å². The molecule has 2 heterocycles. The Kier molecular flexibility index (Phi) is 8.05. The Morgan fingerprint density at radius 1 is 0.816 bits per heavy atom.